The van der Waals surface area contributed by atoms with Crippen molar-refractivity contribution >= 4 is 0 Å². The molecular weight excluding hydrogens is 208 g/mol. The molecule has 0 aromatic heterocycles. The second kappa shape index (κ2) is 6.18. The highest BCUT2D eigenvalue weighted by Gasteiger charge is 2.14. The van der Waals surface area contributed by atoms with E-state index >= 15 is 0 Å². The summed E-state index contributed by atoms with van der Waals surface area (Å²) < 4.78 is 0. The topological polar surface area (TPSA) is 15.3 Å². The lowest BCUT2D eigenvalue weighted by Gasteiger charge is -2.28. The molecule has 1 saturated heterocycles. The molecule has 0 spiro atoms. The van der Waals surface area contributed by atoms with E-state index in [1.807, 2.05) is 0 Å². The molecule has 0 radical (unpaired) electrons. The molecule has 1 heterocycles. The number of benzene rings is 1. The van der Waals surface area contributed by atoms with Crippen molar-refractivity contribution in [2.45, 2.75) is 38.8 Å². The van der Waals surface area contributed by atoms with Gasteiger partial charge in [0.15, 0.2) is 0 Å². The van der Waals surface area contributed by atoms with Crippen LogP contribution >= 0.6 is 0 Å². The number of likely N-dealkylation sites (N-methyl/N-ethyl adjacent to an activating group) is 1. The predicted molar refractivity (Wildman–Crippen MR) is 73.2 cm³/mol. The second-order valence-electron chi connectivity index (χ2n) is 5.33. The van der Waals surface area contributed by atoms with Crippen LogP contribution in [0.1, 0.15) is 30.4 Å². The van der Waals surface area contributed by atoms with Gasteiger partial charge in [-0.3, -0.25) is 0 Å². The number of piperidine rings is 1. The van der Waals surface area contributed by atoms with Crippen molar-refractivity contribution in [1.82, 2.24) is 10.2 Å². The fourth-order valence-electron chi connectivity index (χ4n) is 2.64. The molecule has 1 atom stereocenters. The highest BCUT2D eigenvalue weighted by Crippen LogP contribution is 2.10. The van der Waals surface area contributed by atoms with Gasteiger partial charge in [0.05, 0.1) is 0 Å². The molecule has 2 nitrogen and oxygen atoms in total. The largest absolute Gasteiger partial charge is 0.313 e. The summed E-state index contributed by atoms with van der Waals surface area (Å²) in [4.78, 5) is 2.43. The summed E-state index contributed by atoms with van der Waals surface area (Å²) in [5, 5.41) is 3.61. The first kappa shape index (κ1) is 12.6. The average Bonchev–Trinajstić information content (AvgIpc) is 2.30. The van der Waals surface area contributed by atoms with Crippen molar-refractivity contribution < 1.29 is 0 Å². The number of nitrogens with one attached hydrogen (secondary N) is 1. The molecule has 1 fully saturated rings. The second-order valence-corrected chi connectivity index (χ2v) is 5.33. The van der Waals surface area contributed by atoms with E-state index in [4.69, 9.17) is 0 Å². The van der Waals surface area contributed by atoms with E-state index in [0.717, 1.165) is 13.1 Å². The summed E-state index contributed by atoms with van der Waals surface area (Å²) in [6, 6.07) is 9.50. The van der Waals surface area contributed by atoms with E-state index in [1.54, 1.807) is 0 Å². The molecule has 2 heteroatoms. The predicted octanol–water partition coefficient (Wildman–Crippen LogP) is 2.57. The van der Waals surface area contributed by atoms with Gasteiger partial charge in [-0.2, -0.15) is 0 Å². The molecule has 17 heavy (non-hydrogen) atoms. The summed E-state index contributed by atoms with van der Waals surface area (Å²) in [7, 11) is 2.22. The summed E-state index contributed by atoms with van der Waals surface area (Å²) in [6.07, 6.45) is 4.06. The fourth-order valence-corrected chi connectivity index (χ4v) is 2.64. The van der Waals surface area contributed by atoms with Crippen LogP contribution in [0.2, 0.25) is 0 Å². The van der Waals surface area contributed by atoms with Crippen LogP contribution in [0.4, 0.5) is 0 Å². The third-order valence-corrected chi connectivity index (χ3v) is 3.48. The van der Waals surface area contributed by atoms with Gasteiger partial charge in [-0.05, 0) is 38.9 Å². The Labute approximate surface area is 105 Å². The standard InChI is InChI=1S/C15H24N2/c1-13-6-5-7-14(10-13)11-17(2)12-15-8-3-4-9-16-15/h5-7,10,15-16H,3-4,8-9,11-12H2,1-2H3. The van der Waals surface area contributed by atoms with Crippen LogP contribution < -0.4 is 5.32 Å². The molecule has 2 rings (SSSR count). The van der Waals surface area contributed by atoms with E-state index in [1.165, 1.54) is 36.9 Å². The molecule has 0 saturated carbocycles. The van der Waals surface area contributed by atoms with Crippen LogP contribution in [0, 0.1) is 6.92 Å². The zero-order valence-corrected chi connectivity index (χ0v) is 11.1. The quantitative estimate of drug-likeness (QED) is 0.858. The zero-order valence-electron chi connectivity index (χ0n) is 11.1. The molecule has 1 aliphatic heterocycles. The average molecular weight is 232 g/mol. The Morgan fingerprint density at radius 2 is 2.24 bits per heavy atom. The van der Waals surface area contributed by atoms with Crippen LogP contribution in [0.5, 0.6) is 0 Å². The van der Waals surface area contributed by atoms with Crippen molar-refractivity contribution in [2.24, 2.45) is 0 Å². The van der Waals surface area contributed by atoms with Crippen LogP contribution in [0.15, 0.2) is 24.3 Å². The third kappa shape index (κ3) is 4.14. The third-order valence-electron chi connectivity index (χ3n) is 3.48. The van der Waals surface area contributed by atoms with E-state index < -0.39 is 0 Å². The maximum Gasteiger partial charge on any atom is 0.0231 e. The first-order valence-electron chi connectivity index (χ1n) is 6.71. The number of aryl methyl sites for hydroxylation is 1. The first-order chi connectivity index (χ1) is 8.24. The molecule has 1 aliphatic rings. The lowest BCUT2D eigenvalue weighted by atomic mass is 10.0. The first-order valence-corrected chi connectivity index (χ1v) is 6.71. The zero-order chi connectivity index (χ0) is 12.1. The van der Waals surface area contributed by atoms with Crippen molar-refractivity contribution in [3.8, 4) is 0 Å². The van der Waals surface area contributed by atoms with Gasteiger partial charge in [0.1, 0.15) is 0 Å². The highest BCUT2D eigenvalue weighted by atomic mass is 15.1. The molecule has 0 aliphatic carbocycles. The van der Waals surface area contributed by atoms with E-state index in [2.05, 4.69) is 48.5 Å². The Morgan fingerprint density at radius 3 is 2.94 bits per heavy atom. The minimum absolute atomic E-state index is 0.693. The molecular formula is C15H24N2. The van der Waals surface area contributed by atoms with Crippen LogP contribution in [0.3, 0.4) is 0 Å². The number of hydrogen-bond acceptors (Lipinski definition) is 2. The molecule has 94 valence electrons. The maximum absolute atomic E-state index is 3.61. The molecule has 0 bridgehead atoms. The molecule has 1 aromatic rings. The Hall–Kier alpha value is -0.860. The molecule has 1 aromatic carbocycles. The smallest absolute Gasteiger partial charge is 0.0231 e. The summed E-state index contributed by atoms with van der Waals surface area (Å²) in [5.41, 5.74) is 2.77. The van der Waals surface area contributed by atoms with Crippen molar-refractivity contribution in [3.63, 3.8) is 0 Å². The maximum atomic E-state index is 3.61. The Balaban J connectivity index is 1.82. The van der Waals surface area contributed by atoms with Crippen LogP contribution in [-0.4, -0.2) is 31.1 Å². The van der Waals surface area contributed by atoms with Gasteiger partial charge in [0.25, 0.3) is 0 Å². The summed E-state index contributed by atoms with van der Waals surface area (Å²) in [6.45, 7) is 5.57. The Morgan fingerprint density at radius 1 is 1.35 bits per heavy atom. The summed E-state index contributed by atoms with van der Waals surface area (Å²) in [5.74, 6) is 0. The van der Waals surface area contributed by atoms with Gasteiger partial charge in [-0.15, -0.1) is 0 Å². The van der Waals surface area contributed by atoms with E-state index in [0.29, 0.717) is 6.04 Å². The minimum Gasteiger partial charge on any atom is -0.313 e. The molecule has 1 unspecified atom stereocenters. The lowest BCUT2D eigenvalue weighted by molar-refractivity contribution is 0.256. The fraction of sp³-hybridized carbons (Fsp3) is 0.600. The summed E-state index contributed by atoms with van der Waals surface area (Å²) >= 11 is 0. The van der Waals surface area contributed by atoms with E-state index in [9.17, 15) is 0 Å². The number of hydrogen-bond donors (Lipinski definition) is 1. The van der Waals surface area contributed by atoms with Crippen molar-refractivity contribution in [1.29, 1.82) is 0 Å². The SMILES string of the molecule is Cc1cccc(CN(C)CC2CCCCN2)c1. The van der Waals surface area contributed by atoms with Crippen molar-refractivity contribution in [3.05, 3.63) is 35.4 Å². The minimum atomic E-state index is 0.693. The van der Waals surface area contributed by atoms with Gasteiger partial charge in [-0.25, -0.2) is 0 Å². The molecule has 1 N–H and O–H groups in total. The van der Waals surface area contributed by atoms with Gasteiger partial charge in [-0.1, -0.05) is 36.2 Å². The lowest BCUT2D eigenvalue weighted by Crippen LogP contribution is -2.42. The Kier molecular flexibility index (Phi) is 4.57. The van der Waals surface area contributed by atoms with Gasteiger partial charge >= 0.3 is 0 Å². The highest BCUT2D eigenvalue weighted by molar-refractivity contribution is 5.22. The van der Waals surface area contributed by atoms with Gasteiger partial charge in [0.2, 0.25) is 0 Å². The Bertz CT molecular complexity index is 343. The number of rotatable bonds is 4. The van der Waals surface area contributed by atoms with Crippen molar-refractivity contribution in [2.75, 3.05) is 20.1 Å². The van der Waals surface area contributed by atoms with Crippen LogP contribution in [-0.2, 0) is 6.54 Å². The number of nitrogens with zero attached hydrogens (tertiary/aromatic N) is 1. The van der Waals surface area contributed by atoms with Gasteiger partial charge in [0, 0.05) is 19.1 Å². The molecule has 0 amide bonds. The normalized spacial score (nSPS) is 20.8. The van der Waals surface area contributed by atoms with Gasteiger partial charge < -0.3 is 10.2 Å². The monoisotopic (exact) mass is 232 g/mol. The van der Waals surface area contributed by atoms with Crippen LogP contribution in [0.25, 0.3) is 0 Å². The van der Waals surface area contributed by atoms with E-state index in [-0.39, 0.29) is 0 Å².